The van der Waals surface area contributed by atoms with Gasteiger partial charge in [0.2, 0.25) is 0 Å². The number of benzene rings is 1. The smallest absolute Gasteiger partial charge is 0.154 e. The maximum Gasteiger partial charge on any atom is 0.154 e. The maximum absolute atomic E-state index is 6.23. The van der Waals surface area contributed by atoms with Crippen LogP contribution in [0.1, 0.15) is 5.82 Å². The summed E-state index contributed by atoms with van der Waals surface area (Å²) in [5.41, 5.74) is 4.59. The third kappa shape index (κ3) is 1.79. The summed E-state index contributed by atoms with van der Waals surface area (Å²) < 4.78 is 7.29. The Hall–Kier alpha value is -2.53. The number of fused-ring (bicyclic) bond motifs is 3. The molecule has 4 aromatic rings. The second-order valence-electron chi connectivity index (χ2n) is 5.05. The van der Waals surface area contributed by atoms with E-state index in [2.05, 4.69) is 14.4 Å². The Kier molecular flexibility index (Phi) is 2.84. The predicted molar refractivity (Wildman–Crippen MR) is 86.6 cm³/mol. The molecular formula is C16H13ClN4O. The Morgan fingerprint density at radius 2 is 2.09 bits per heavy atom. The number of methoxy groups -OCH3 is 1. The Balaban J connectivity index is 2.01. The van der Waals surface area contributed by atoms with Gasteiger partial charge in [0.15, 0.2) is 5.65 Å². The molecule has 0 spiro atoms. The van der Waals surface area contributed by atoms with Gasteiger partial charge < -0.3 is 9.72 Å². The van der Waals surface area contributed by atoms with E-state index in [0.29, 0.717) is 10.8 Å². The molecule has 0 amide bonds. The van der Waals surface area contributed by atoms with E-state index in [4.69, 9.17) is 21.3 Å². The number of aromatic amines is 1. The van der Waals surface area contributed by atoms with Gasteiger partial charge in [-0.15, -0.1) is 0 Å². The molecule has 0 saturated carbocycles. The van der Waals surface area contributed by atoms with E-state index >= 15 is 0 Å². The van der Waals surface area contributed by atoms with E-state index in [0.717, 1.165) is 33.8 Å². The van der Waals surface area contributed by atoms with E-state index in [1.165, 1.54) is 0 Å². The number of halogens is 1. The number of aromatic nitrogens is 4. The number of ether oxygens (including phenoxy) is 1. The van der Waals surface area contributed by atoms with Crippen LogP contribution in [0.15, 0.2) is 36.7 Å². The molecule has 0 aliphatic heterocycles. The van der Waals surface area contributed by atoms with Crippen molar-refractivity contribution in [3.63, 3.8) is 0 Å². The van der Waals surface area contributed by atoms with Crippen LogP contribution in [0, 0.1) is 6.92 Å². The topological polar surface area (TPSA) is 55.2 Å². The summed E-state index contributed by atoms with van der Waals surface area (Å²) in [5, 5.41) is 0.564. The summed E-state index contributed by atoms with van der Waals surface area (Å²) in [6, 6.07) is 7.66. The second-order valence-corrected chi connectivity index (χ2v) is 5.45. The van der Waals surface area contributed by atoms with E-state index in [1.54, 1.807) is 7.11 Å². The third-order valence-electron chi connectivity index (χ3n) is 3.77. The van der Waals surface area contributed by atoms with Crippen molar-refractivity contribution in [3.8, 4) is 17.0 Å². The highest BCUT2D eigenvalue weighted by molar-refractivity contribution is 6.32. The van der Waals surface area contributed by atoms with Crippen LogP contribution in [0.2, 0.25) is 5.02 Å². The third-order valence-corrected chi connectivity index (χ3v) is 4.06. The highest BCUT2D eigenvalue weighted by atomic mass is 35.5. The van der Waals surface area contributed by atoms with Crippen molar-refractivity contribution in [2.75, 3.05) is 7.11 Å². The minimum Gasteiger partial charge on any atom is -0.495 e. The molecule has 3 heterocycles. The molecule has 0 radical (unpaired) electrons. The quantitative estimate of drug-likeness (QED) is 0.611. The lowest BCUT2D eigenvalue weighted by molar-refractivity contribution is 0.415. The van der Waals surface area contributed by atoms with Crippen molar-refractivity contribution < 1.29 is 4.74 Å². The van der Waals surface area contributed by atoms with Gasteiger partial charge in [0.25, 0.3) is 0 Å². The molecule has 1 N–H and O–H groups in total. The van der Waals surface area contributed by atoms with Crippen molar-refractivity contribution in [1.82, 2.24) is 19.4 Å². The number of rotatable bonds is 2. The molecule has 5 nitrogen and oxygen atoms in total. The van der Waals surface area contributed by atoms with Crippen molar-refractivity contribution in [3.05, 3.63) is 47.5 Å². The first-order chi connectivity index (χ1) is 10.7. The minimum atomic E-state index is 0.564. The van der Waals surface area contributed by atoms with Crippen molar-refractivity contribution >= 4 is 28.3 Å². The molecule has 0 atom stereocenters. The van der Waals surface area contributed by atoms with Crippen LogP contribution in [-0.4, -0.2) is 26.5 Å². The zero-order chi connectivity index (χ0) is 15.3. The highest BCUT2D eigenvalue weighted by Crippen LogP contribution is 2.32. The molecule has 6 heteroatoms. The fourth-order valence-corrected chi connectivity index (χ4v) is 3.02. The molecule has 22 heavy (non-hydrogen) atoms. The Bertz CT molecular complexity index is 1000. The van der Waals surface area contributed by atoms with Crippen molar-refractivity contribution in [1.29, 1.82) is 0 Å². The first-order valence-electron chi connectivity index (χ1n) is 6.84. The lowest BCUT2D eigenvalue weighted by Gasteiger charge is -2.05. The number of imidazole rings is 1. The van der Waals surface area contributed by atoms with Gasteiger partial charge in [-0.3, -0.25) is 4.40 Å². The minimum absolute atomic E-state index is 0.564. The first-order valence-corrected chi connectivity index (χ1v) is 7.22. The maximum atomic E-state index is 6.23. The molecule has 0 bridgehead atoms. The van der Waals surface area contributed by atoms with Gasteiger partial charge in [-0.25, -0.2) is 9.97 Å². The van der Waals surface area contributed by atoms with Gasteiger partial charge in [0, 0.05) is 11.8 Å². The number of hydrogen-bond donors (Lipinski definition) is 1. The molecule has 110 valence electrons. The summed E-state index contributed by atoms with van der Waals surface area (Å²) in [4.78, 5) is 12.3. The molecule has 0 saturated heterocycles. The number of hydrogen-bond acceptors (Lipinski definition) is 3. The Labute approximate surface area is 131 Å². The zero-order valence-corrected chi connectivity index (χ0v) is 12.8. The first kappa shape index (κ1) is 13.2. The number of nitrogens with one attached hydrogen (secondary N) is 1. The summed E-state index contributed by atoms with van der Waals surface area (Å²) in [6.45, 7) is 1.98. The van der Waals surface area contributed by atoms with Crippen LogP contribution in [0.25, 0.3) is 27.9 Å². The summed E-state index contributed by atoms with van der Waals surface area (Å²) in [5.74, 6) is 1.56. The van der Waals surface area contributed by atoms with Crippen LogP contribution < -0.4 is 4.74 Å². The second kappa shape index (κ2) is 4.74. The van der Waals surface area contributed by atoms with Crippen LogP contribution >= 0.6 is 11.6 Å². The number of aryl methyl sites for hydroxylation is 1. The normalized spacial score (nSPS) is 11.4. The number of H-pyrrole nitrogens is 1. The predicted octanol–water partition coefficient (Wildman–Crippen LogP) is 3.85. The molecule has 0 aliphatic rings. The SMILES string of the molecule is COc1ccc(-c2nc(C)n3c2cnc2[nH]ccc23)cc1Cl. The van der Waals surface area contributed by atoms with Gasteiger partial charge in [-0.2, -0.15) is 0 Å². The van der Waals surface area contributed by atoms with Gasteiger partial charge in [-0.1, -0.05) is 11.6 Å². The van der Waals surface area contributed by atoms with Crippen LogP contribution in [0.5, 0.6) is 5.75 Å². The van der Waals surface area contributed by atoms with Crippen molar-refractivity contribution in [2.45, 2.75) is 6.92 Å². The molecular weight excluding hydrogens is 300 g/mol. The van der Waals surface area contributed by atoms with E-state index < -0.39 is 0 Å². The molecule has 1 aromatic carbocycles. The fraction of sp³-hybridized carbons (Fsp3) is 0.125. The summed E-state index contributed by atoms with van der Waals surface area (Å²) in [7, 11) is 1.60. The zero-order valence-electron chi connectivity index (χ0n) is 12.1. The lowest BCUT2D eigenvalue weighted by Crippen LogP contribution is -1.91. The number of nitrogens with zero attached hydrogens (tertiary/aromatic N) is 3. The summed E-state index contributed by atoms with van der Waals surface area (Å²) in [6.07, 6.45) is 3.70. The average Bonchev–Trinajstić information content (AvgIpc) is 3.11. The van der Waals surface area contributed by atoms with Gasteiger partial charge in [-0.05, 0) is 31.2 Å². The van der Waals surface area contributed by atoms with Gasteiger partial charge >= 0.3 is 0 Å². The lowest BCUT2D eigenvalue weighted by atomic mass is 10.1. The summed E-state index contributed by atoms with van der Waals surface area (Å²) >= 11 is 6.23. The molecule has 0 aliphatic carbocycles. The molecule has 3 aromatic heterocycles. The van der Waals surface area contributed by atoms with Gasteiger partial charge in [0.05, 0.1) is 35.1 Å². The van der Waals surface area contributed by atoms with Crippen molar-refractivity contribution in [2.24, 2.45) is 0 Å². The molecule has 0 fully saturated rings. The van der Waals surface area contributed by atoms with E-state index in [9.17, 15) is 0 Å². The standard InChI is InChI=1S/C16H13ClN4O/c1-9-20-15(10-3-4-14(22-2)11(17)7-10)13-8-19-16-12(21(9)13)5-6-18-16/h3-8,18H,1-2H3. The monoisotopic (exact) mass is 312 g/mol. The largest absolute Gasteiger partial charge is 0.495 e. The average molecular weight is 313 g/mol. The van der Waals surface area contributed by atoms with Crippen LogP contribution in [0.4, 0.5) is 0 Å². The van der Waals surface area contributed by atoms with Crippen LogP contribution in [-0.2, 0) is 0 Å². The Morgan fingerprint density at radius 3 is 2.86 bits per heavy atom. The molecule has 4 rings (SSSR count). The fourth-order valence-electron chi connectivity index (χ4n) is 2.76. The Morgan fingerprint density at radius 1 is 1.23 bits per heavy atom. The van der Waals surface area contributed by atoms with E-state index in [1.807, 2.05) is 43.6 Å². The highest BCUT2D eigenvalue weighted by Gasteiger charge is 2.15. The van der Waals surface area contributed by atoms with Crippen LogP contribution in [0.3, 0.4) is 0 Å². The van der Waals surface area contributed by atoms with E-state index in [-0.39, 0.29) is 0 Å². The van der Waals surface area contributed by atoms with Gasteiger partial charge in [0.1, 0.15) is 11.6 Å². The molecule has 0 unspecified atom stereocenters.